The fourth-order valence-electron chi connectivity index (χ4n) is 3.77. The molecule has 0 bridgehead atoms. The Morgan fingerprint density at radius 1 is 1.06 bits per heavy atom. The van der Waals surface area contributed by atoms with Gasteiger partial charge in [0.15, 0.2) is 11.0 Å². The van der Waals surface area contributed by atoms with Crippen molar-refractivity contribution in [3.8, 4) is 22.8 Å². The van der Waals surface area contributed by atoms with Crippen LogP contribution >= 0.6 is 11.8 Å². The lowest BCUT2D eigenvalue weighted by molar-refractivity contribution is -0.135. The number of halogens is 1. The van der Waals surface area contributed by atoms with Crippen LogP contribution in [0.15, 0.2) is 89.1 Å². The van der Waals surface area contributed by atoms with Crippen LogP contribution in [0.5, 0.6) is 5.75 Å². The molecule has 1 atom stereocenters. The molecule has 8 nitrogen and oxygen atoms in total. The Labute approximate surface area is 211 Å². The number of para-hydroxylation sites is 1. The second-order valence-corrected chi connectivity index (χ2v) is 8.82. The summed E-state index contributed by atoms with van der Waals surface area (Å²) in [6, 6.07) is 23.3. The fourth-order valence-corrected chi connectivity index (χ4v) is 4.57. The van der Waals surface area contributed by atoms with Crippen molar-refractivity contribution in [3.05, 3.63) is 90.2 Å². The third-order valence-corrected chi connectivity index (χ3v) is 6.38. The summed E-state index contributed by atoms with van der Waals surface area (Å²) in [5, 5.41) is 15.0. The molecule has 4 aromatic rings. The predicted octanol–water partition coefficient (Wildman–Crippen LogP) is 5.07. The highest BCUT2D eigenvalue weighted by Gasteiger charge is 2.33. The minimum absolute atomic E-state index is 0.295. The van der Waals surface area contributed by atoms with E-state index < -0.39 is 12.0 Å². The van der Waals surface area contributed by atoms with Crippen molar-refractivity contribution >= 4 is 23.6 Å². The molecule has 0 unspecified atom stereocenters. The highest BCUT2D eigenvalue weighted by molar-refractivity contribution is 7.99. The van der Waals surface area contributed by atoms with Gasteiger partial charge in [0.1, 0.15) is 11.6 Å². The smallest absolute Gasteiger partial charge is 0.243 e. The zero-order chi connectivity index (χ0) is 25.1. The molecule has 36 heavy (non-hydrogen) atoms. The van der Waals surface area contributed by atoms with E-state index in [2.05, 4.69) is 15.3 Å². The van der Waals surface area contributed by atoms with Crippen molar-refractivity contribution in [2.45, 2.75) is 18.3 Å². The molecule has 0 saturated heterocycles. The van der Waals surface area contributed by atoms with Gasteiger partial charge >= 0.3 is 0 Å². The number of carbonyl (C=O) groups is 1. The SMILES string of the molecule is COc1ccc(-c2nnc(SCC3=NN(C(C)=O)[C@H](c4cccc(F)c4)O3)n2-c2ccccc2)cc1. The standard InChI is InChI=1S/C26H22FN5O3S/c1-17(33)32-25(19-7-6-8-20(27)15-19)35-23(30-32)16-36-26-29-28-24(18-11-13-22(34-2)14-12-18)31(26)21-9-4-3-5-10-21/h3-15,25H,16H2,1-2H3/t25-/m0/s1. The third kappa shape index (κ3) is 4.80. The van der Waals surface area contributed by atoms with Crippen LogP contribution in [-0.4, -0.2) is 44.4 Å². The number of methoxy groups -OCH3 is 1. The lowest BCUT2D eigenvalue weighted by atomic mass is 10.2. The lowest BCUT2D eigenvalue weighted by Crippen LogP contribution is -2.25. The molecule has 0 saturated carbocycles. The van der Waals surface area contributed by atoms with Gasteiger partial charge in [-0.05, 0) is 48.5 Å². The molecule has 1 amide bonds. The van der Waals surface area contributed by atoms with Crippen LogP contribution in [0.1, 0.15) is 18.7 Å². The van der Waals surface area contributed by atoms with Gasteiger partial charge in [-0.1, -0.05) is 42.1 Å². The third-order valence-electron chi connectivity index (χ3n) is 5.47. The number of aromatic nitrogens is 3. The number of hydrazone groups is 1. The van der Waals surface area contributed by atoms with Crippen molar-refractivity contribution in [2.24, 2.45) is 5.10 Å². The molecule has 0 spiro atoms. The zero-order valence-electron chi connectivity index (χ0n) is 19.5. The van der Waals surface area contributed by atoms with Gasteiger partial charge in [0.2, 0.25) is 18.0 Å². The summed E-state index contributed by atoms with van der Waals surface area (Å²) < 4.78 is 27.0. The van der Waals surface area contributed by atoms with E-state index in [0.29, 0.717) is 28.2 Å². The zero-order valence-corrected chi connectivity index (χ0v) is 20.4. The maximum atomic E-state index is 13.8. The quantitative estimate of drug-likeness (QED) is 0.328. The first kappa shape index (κ1) is 23.6. The molecule has 1 aromatic heterocycles. The van der Waals surface area contributed by atoms with Gasteiger partial charge in [-0.3, -0.25) is 9.36 Å². The minimum Gasteiger partial charge on any atom is -0.497 e. The summed E-state index contributed by atoms with van der Waals surface area (Å²) >= 11 is 1.37. The van der Waals surface area contributed by atoms with Crippen molar-refractivity contribution in [1.82, 2.24) is 19.8 Å². The highest BCUT2D eigenvalue weighted by Crippen LogP contribution is 2.32. The number of nitrogens with zero attached hydrogens (tertiary/aromatic N) is 5. The molecule has 1 aliphatic rings. The van der Waals surface area contributed by atoms with Gasteiger partial charge < -0.3 is 9.47 Å². The summed E-state index contributed by atoms with van der Waals surface area (Å²) in [5.41, 5.74) is 2.28. The Morgan fingerprint density at radius 3 is 2.53 bits per heavy atom. The average Bonchev–Trinajstić information content (AvgIpc) is 3.53. The van der Waals surface area contributed by atoms with Crippen LogP contribution in [0, 0.1) is 5.82 Å². The Morgan fingerprint density at radius 2 is 1.83 bits per heavy atom. The number of thioether (sulfide) groups is 1. The van der Waals surface area contributed by atoms with Crippen LogP contribution in [-0.2, 0) is 9.53 Å². The molecule has 2 heterocycles. The van der Waals surface area contributed by atoms with Crippen LogP contribution in [0.25, 0.3) is 17.1 Å². The highest BCUT2D eigenvalue weighted by atomic mass is 32.2. The molecule has 0 radical (unpaired) electrons. The number of hydrogen-bond donors (Lipinski definition) is 0. The van der Waals surface area contributed by atoms with Crippen molar-refractivity contribution in [3.63, 3.8) is 0 Å². The van der Waals surface area contributed by atoms with E-state index in [0.717, 1.165) is 17.0 Å². The van der Waals surface area contributed by atoms with Gasteiger partial charge in [-0.25, -0.2) is 4.39 Å². The van der Waals surface area contributed by atoms with Gasteiger partial charge in [0, 0.05) is 23.7 Å². The van der Waals surface area contributed by atoms with Gasteiger partial charge in [0.05, 0.1) is 12.9 Å². The van der Waals surface area contributed by atoms with E-state index >= 15 is 0 Å². The van der Waals surface area contributed by atoms with E-state index in [1.165, 1.54) is 35.8 Å². The van der Waals surface area contributed by atoms with Crippen LogP contribution in [0.4, 0.5) is 4.39 Å². The van der Waals surface area contributed by atoms with Crippen LogP contribution in [0.2, 0.25) is 0 Å². The van der Waals surface area contributed by atoms with Gasteiger partial charge in [-0.2, -0.15) is 5.01 Å². The molecule has 0 aliphatic carbocycles. The van der Waals surface area contributed by atoms with Crippen molar-refractivity contribution in [2.75, 3.05) is 12.9 Å². The minimum atomic E-state index is -0.823. The maximum absolute atomic E-state index is 13.8. The lowest BCUT2D eigenvalue weighted by Gasteiger charge is -2.19. The molecule has 182 valence electrons. The normalized spacial score (nSPS) is 14.9. The summed E-state index contributed by atoms with van der Waals surface area (Å²) in [6.45, 7) is 1.39. The summed E-state index contributed by atoms with van der Waals surface area (Å²) in [6.07, 6.45) is -0.823. The van der Waals surface area contributed by atoms with Gasteiger partial charge in [0.25, 0.3) is 0 Å². The first-order valence-electron chi connectivity index (χ1n) is 11.1. The Bertz CT molecular complexity index is 1410. The van der Waals surface area contributed by atoms with E-state index in [9.17, 15) is 9.18 Å². The Hall–Kier alpha value is -4.18. The number of amides is 1. The molecular weight excluding hydrogens is 481 g/mol. The summed E-state index contributed by atoms with van der Waals surface area (Å²) in [5.74, 6) is 1.33. The predicted molar refractivity (Wildman–Crippen MR) is 134 cm³/mol. The number of carbonyl (C=O) groups excluding carboxylic acids is 1. The monoisotopic (exact) mass is 503 g/mol. The first-order valence-corrected chi connectivity index (χ1v) is 12.1. The fraction of sp³-hybridized carbons (Fsp3) is 0.154. The number of benzene rings is 3. The maximum Gasteiger partial charge on any atom is 0.243 e. The Kier molecular flexibility index (Phi) is 6.68. The molecule has 10 heteroatoms. The number of ether oxygens (including phenoxy) is 2. The first-order chi connectivity index (χ1) is 17.5. The number of hydrogen-bond acceptors (Lipinski definition) is 7. The number of rotatable bonds is 7. The van der Waals surface area contributed by atoms with Crippen molar-refractivity contribution in [1.29, 1.82) is 0 Å². The van der Waals surface area contributed by atoms with Gasteiger partial charge in [-0.15, -0.1) is 15.3 Å². The Balaban J connectivity index is 1.42. The summed E-state index contributed by atoms with van der Waals surface area (Å²) in [4.78, 5) is 12.2. The van der Waals surface area contributed by atoms with E-state index in [1.54, 1.807) is 19.2 Å². The second kappa shape index (κ2) is 10.2. The summed E-state index contributed by atoms with van der Waals surface area (Å²) in [7, 11) is 1.62. The average molecular weight is 504 g/mol. The topological polar surface area (TPSA) is 81.8 Å². The van der Waals surface area contributed by atoms with Crippen molar-refractivity contribution < 1.29 is 18.7 Å². The van der Waals surface area contributed by atoms with E-state index in [4.69, 9.17) is 9.47 Å². The molecule has 5 rings (SSSR count). The molecule has 1 aliphatic heterocycles. The molecular formula is C26H22FN5O3S. The molecule has 0 fully saturated rings. The largest absolute Gasteiger partial charge is 0.497 e. The van der Waals surface area contributed by atoms with Crippen LogP contribution < -0.4 is 4.74 Å². The van der Waals surface area contributed by atoms with E-state index in [-0.39, 0.29) is 5.91 Å². The second-order valence-electron chi connectivity index (χ2n) is 7.88. The van der Waals surface area contributed by atoms with Crippen LogP contribution in [0.3, 0.4) is 0 Å². The van der Waals surface area contributed by atoms with E-state index in [1.807, 2.05) is 59.2 Å². The molecule has 3 aromatic carbocycles. The molecule has 0 N–H and O–H groups in total.